The van der Waals surface area contributed by atoms with E-state index in [0.717, 1.165) is 22.9 Å². The van der Waals surface area contributed by atoms with Crippen molar-refractivity contribution in [2.45, 2.75) is 13.3 Å². The molecule has 0 radical (unpaired) electrons. The van der Waals surface area contributed by atoms with Crippen LogP contribution in [0.1, 0.15) is 11.1 Å². The maximum absolute atomic E-state index is 13.5. The number of aromatic nitrogens is 1. The third-order valence-corrected chi connectivity index (χ3v) is 2.44. The van der Waals surface area contributed by atoms with E-state index in [1.165, 1.54) is 0 Å². The Labute approximate surface area is 81.9 Å². The fourth-order valence-corrected chi connectivity index (χ4v) is 1.69. The van der Waals surface area contributed by atoms with Gasteiger partial charge in [-0.2, -0.15) is 0 Å². The first-order valence-electron chi connectivity index (χ1n) is 4.68. The van der Waals surface area contributed by atoms with E-state index in [9.17, 15) is 4.39 Å². The van der Waals surface area contributed by atoms with Crippen LogP contribution in [0, 0.1) is 12.7 Å². The van der Waals surface area contributed by atoms with Gasteiger partial charge in [0, 0.05) is 11.6 Å². The Balaban J connectivity index is 2.63. The molecule has 14 heavy (non-hydrogen) atoms. The van der Waals surface area contributed by atoms with Gasteiger partial charge in [0.2, 0.25) is 0 Å². The molecule has 2 rings (SSSR count). The second kappa shape index (κ2) is 3.42. The van der Waals surface area contributed by atoms with Crippen LogP contribution in [-0.2, 0) is 6.42 Å². The summed E-state index contributed by atoms with van der Waals surface area (Å²) in [5, 5.41) is 0.952. The van der Waals surface area contributed by atoms with Crippen molar-refractivity contribution in [2.24, 2.45) is 5.73 Å². The predicted octanol–water partition coefficient (Wildman–Crippen LogP) is 2.12. The number of aryl methyl sites for hydroxylation is 1. The van der Waals surface area contributed by atoms with E-state index in [1.807, 2.05) is 19.2 Å². The topological polar surface area (TPSA) is 41.8 Å². The highest BCUT2D eigenvalue weighted by molar-refractivity contribution is 5.84. The van der Waals surface area contributed by atoms with Gasteiger partial charge in [0.25, 0.3) is 0 Å². The van der Waals surface area contributed by atoms with E-state index in [2.05, 4.69) is 4.98 Å². The normalized spacial score (nSPS) is 11.1. The van der Waals surface area contributed by atoms with Crippen molar-refractivity contribution in [2.75, 3.05) is 6.54 Å². The molecule has 0 atom stereocenters. The number of halogens is 1. The summed E-state index contributed by atoms with van der Waals surface area (Å²) in [5.41, 5.74) is 8.05. The van der Waals surface area contributed by atoms with Gasteiger partial charge in [-0.1, -0.05) is 0 Å². The van der Waals surface area contributed by atoms with Gasteiger partial charge in [-0.25, -0.2) is 4.39 Å². The zero-order valence-electron chi connectivity index (χ0n) is 8.10. The number of nitrogens with two attached hydrogens (primary N) is 1. The van der Waals surface area contributed by atoms with Crippen molar-refractivity contribution in [1.29, 1.82) is 0 Å². The largest absolute Gasteiger partial charge is 0.359 e. The highest BCUT2D eigenvalue weighted by Gasteiger charge is 2.06. The highest BCUT2D eigenvalue weighted by atomic mass is 19.1. The van der Waals surface area contributed by atoms with Gasteiger partial charge in [-0.3, -0.25) is 0 Å². The summed E-state index contributed by atoms with van der Waals surface area (Å²) in [6, 6.07) is 3.54. The minimum Gasteiger partial charge on any atom is -0.359 e. The molecule has 0 amide bonds. The summed E-state index contributed by atoms with van der Waals surface area (Å²) in [6.07, 6.45) is 2.54. The number of H-pyrrole nitrogens is 1. The Bertz CT molecular complexity index is 460. The average molecular weight is 192 g/mol. The molecule has 1 aromatic carbocycles. The Morgan fingerprint density at radius 1 is 1.43 bits per heavy atom. The number of aromatic amines is 1. The quantitative estimate of drug-likeness (QED) is 0.751. The van der Waals surface area contributed by atoms with Crippen molar-refractivity contribution >= 4 is 10.9 Å². The monoisotopic (exact) mass is 192 g/mol. The second-order valence-corrected chi connectivity index (χ2v) is 3.51. The van der Waals surface area contributed by atoms with Crippen molar-refractivity contribution in [3.05, 3.63) is 35.3 Å². The summed E-state index contributed by atoms with van der Waals surface area (Å²) in [5.74, 6) is -0.195. The van der Waals surface area contributed by atoms with Gasteiger partial charge >= 0.3 is 0 Å². The van der Waals surface area contributed by atoms with Crippen LogP contribution >= 0.6 is 0 Å². The summed E-state index contributed by atoms with van der Waals surface area (Å²) >= 11 is 0. The molecule has 2 aromatic rings. The van der Waals surface area contributed by atoms with E-state index < -0.39 is 0 Å². The summed E-state index contributed by atoms with van der Waals surface area (Å²) in [6.45, 7) is 2.51. The molecule has 0 unspecified atom stereocenters. The molecule has 0 bridgehead atoms. The van der Waals surface area contributed by atoms with Crippen molar-refractivity contribution in [3.63, 3.8) is 0 Å². The molecule has 2 nitrogen and oxygen atoms in total. The lowest BCUT2D eigenvalue weighted by atomic mass is 10.1. The predicted molar refractivity (Wildman–Crippen MR) is 55.8 cm³/mol. The standard InChI is InChI=1S/C11H13FN2/c1-7-6-14-11-9(7)4-8(2-3-13)5-10(11)12/h4-6,14H,2-3,13H2,1H3. The van der Waals surface area contributed by atoms with Crippen LogP contribution in [0.3, 0.4) is 0 Å². The summed E-state index contributed by atoms with van der Waals surface area (Å²) < 4.78 is 13.5. The Morgan fingerprint density at radius 3 is 2.93 bits per heavy atom. The van der Waals surface area contributed by atoms with Crippen LogP contribution in [0.2, 0.25) is 0 Å². The van der Waals surface area contributed by atoms with Gasteiger partial charge in [0.05, 0.1) is 5.52 Å². The fourth-order valence-electron chi connectivity index (χ4n) is 1.69. The molecule has 0 aliphatic heterocycles. The molecule has 0 saturated carbocycles. The molecule has 0 aliphatic carbocycles. The number of benzene rings is 1. The van der Waals surface area contributed by atoms with Crippen LogP contribution in [0.4, 0.5) is 4.39 Å². The van der Waals surface area contributed by atoms with E-state index >= 15 is 0 Å². The first kappa shape index (κ1) is 9.21. The van der Waals surface area contributed by atoms with Gasteiger partial charge in [-0.05, 0) is 43.1 Å². The minimum atomic E-state index is -0.195. The molecule has 0 aliphatic rings. The number of rotatable bonds is 2. The molecule has 3 N–H and O–H groups in total. The number of hydrogen-bond acceptors (Lipinski definition) is 1. The van der Waals surface area contributed by atoms with Crippen LogP contribution < -0.4 is 5.73 Å². The molecular weight excluding hydrogens is 179 g/mol. The van der Waals surface area contributed by atoms with Gasteiger partial charge in [0.1, 0.15) is 5.82 Å². The summed E-state index contributed by atoms with van der Waals surface area (Å²) in [7, 11) is 0. The second-order valence-electron chi connectivity index (χ2n) is 3.51. The zero-order chi connectivity index (χ0) is 10.1. The Hall–Kier alpha value is -1.35. The van der Waals surface area contributed by atoms with E-state index in [0.29, 0.717) is 12.1 Å². The van der Waals surface area contributed by atoms with E-state index in [1.54, 1.807) is 6.07 Å². The number of fused-ring (bicyclic) bond motifs is 1. The molecule has 74 valence electrons. The van der Waals surface area contributed by atoms with E-state index in [4.69, 9.17) is 5.73 Å². The molecular formula is C11H13FN2. The third kappa shape index (κ3) is 1.40. The van der Waals surface area contributed by atoms with E-state index in [-0.39, 0.29) is 5.82 Å². The maximum Gasteiger partial charge on any atom is 0.147 e. The molecule has 3 heteroatoms. The van der Waals surface area contributed by atoms with Crippen molar-refractivity contribution < 1.29 is 4.39 Å². The zero-order valence-corrected chi connectivity index (χ0v) is 8.10. The van der Waals surface area contributed by atoms with Crippen molar-refractivity contribution in [3.8, 4) is 0 Å². The first-order valence-corrected chi connectivity index (χ1v) is 4.68. The lowest BCUT2D eigenvalue weighted by Gasteiger charge is -2.01. The number of nitrogens with one attached hydrogen (secondary N) is 1. The van der Waals surface area contributed by atoms with Crippen LogP contribution in [0.25, 0.3) is 10.9 Å². The third-order valence-electron chi connectivity index (χ3n) is 2.44. The number of hydrogen-bond donors (Lipinski definition) is 2. The fraction of sp³-hybridized carbons (Fsp3) is 0.273. The molecule has 1 heterocycles. The van der Waals surface area contributed by atoms with Crippen molar-refractivity contribution in [1.82, 2.24) is 4.98 Å². The van der Waals surface area contributed by atoms with Crippen LogP contribution in [0.5, 0.6) is 0 Å². The lowest BCUT2D eigenvalue weighted by molar-refractivity contribution is 0.635. The highest BCUT2D eigenvalue weighted by Crippen LogP contribution is 2.22. The van der Waals surface area contributed by atoms with Gasteiger partial charge < -0.3 is 10.7 Å². The molecule has 1 aromatic heterocycles. The van der Waals surface area contributed by atoms with Crippen LogP contribution in [0.15, 0.2) is 18.3 Å². The Morgan fingerprint density at radius 2 is 2.21 bits per heavy atom. The van der Waals surface area contributed by atoms with Gasteiger partial charge in [0.15, 0.2) is 0 Å². The smallest absolute Gasteiger partial charge is 0.147 e. The SMILES string of the molecule is Cc1c[nH]c2c(F)cc(CCN)cc12. The summed E-state index contributed by atoms with van der Waals surface area (Å²) in [4.78, 5) is 2.92. The minimum absolute atomic E-state index is 0.195. The molecule has 0 saturated heterocycles. The lowest BCUT2D eigenvalue weighted by Crippen LogP contribution is -2.02. The molecule has 0 spiro atoms. The molecule has 0 fully saturated rings. The first-order chi connectivity index (χ1) is 6.72. The van der Waals surface area contributed by atoms with Crippen LogP contribution in [-0.4, -0.2) is 11.5 Å². The van der Waals surface area contributed by atoms with Gasteiger partial charge in [-0.15, -0.1) is 0 Å². The maximum atomic E-state index is 13.5. The Kier molecular flexibility index (Phi) is 2.25. The average Bonchev–Trinajstić information content (AvgIpc) is 2.49.